The van der Waals surface area contributed by atoms with E-state index in [9.17, 15) is 14.4 Å². The van der Waals surface area contributed by atoms with Crippen LogP contribution in [0.3, 0.4) is 0 Å². The maximum atomic E-state index is 12.6. The number of thioether (sulfide) groups is 1. The number of aromatic nitrogens is 3. The Morgan fingerprint density at radius 2 is 1.72 bits per heavy atom. The maximum absolute atomic E-state index is 12.6. The minimum absolute atomic E-state index is 0.00390. The first-order valence-corrected chi connectivity index (χ1v) is 11.8. The molecule has 36 heavy (non-hydrogen) atoms. The molecule has 0 aliphatic rings. The maximum Gasteiger partial charge on any atom is 0.337 e. The number of methoxy groups -OCH3 is 2. The zero-order chi connectivity index (χ0) is 26.1. The fourth-order valence-corrected chi connectivity index (χ4v) is 3.97. The summed E-state index contributed by atoms with van der Waals surface area (Å²) in [5, 5.41) is 11.6. The quantitative estimate of drug-likeness (QED) is 0.234. The van der Waals surface area contributed by atoms with E-state index in [2.05, 4.69) is 22.1 Å². The molecule has 2 aromatic carbocycles. The number of nitrogens with one attached hydrogen (secondary N) is 1. The van der Waals surface area contributed by atoms with Gasteiger partial charge in [-0.3, -0.25) is 9.36 Å². The Morgan fingerprint density at radius 1 is 1.06 bits per heavy atom. The molecule has 0 saturated carbocycles. The number of para-hydroxylation sites is 1. The van der Waals surface area contributed by atoms with Gasteiger partial charge in [0.15, 0.2) is 11.0 Å². The fraction of sp³-hybridized carbons (Fsp3) is 0.240. The third-order valence-corrected chi connectivity index (χ3v) is 5.91. The van der Waals surface area contributed by atoms with Gasteiger partial charge in [0.2, 0.25) is 5.91 Å². The average Bonchev–Trinajstić information content (AvgIpc) is 3.27. The van der Waals surface area contributed by atoms with Crippen LogP contribution in [0.1, 0.15) is 32.1 Å². The molecule has 1 amide bonds. The molecule has 0 fully saturated rings. The molecule has 0 aliphatic carbocycles. The van der Waals surface area contributed by atoms with Crippen LogP contribution in [-0.4, -0.2) is 52.6 Å². The van der Waals surface area contributed by atoms with E-state index >= 15 is 0 Å². The summed E-state index contributed by atoms with van der Waals surface area (Å²) in [5.74, 6) is -0.325. The molecule has 0 aliphatic heterocycles. The molecule has 1 N–H and O–H groups in total. The van der Waals surface area contributed by atoms with E-state index in [1.54, 1.807) is 6.08 Å². The van der Waals surface area contributed by atoms with E-state index in [0.717, 1.165) is 11.3 Å². The minimum atomic E-state index is -0.649. The molecular weight excluding hydrogens is 484 g/mol. The number of rotatable bonds is 11. The van der Waals surface area contributed by atoms with Crippen LogP contribution in [0, 0.1) is 6.92 Å². The van der Waals surface area contributed by atoms with Gasteiger partial charge in [0, 0.05) is 12.2 Å². The second kappa shape index (κ2) is 12.5. The fourth-order valence-electron chi connectivity index (χ4n) is 3.20. The Hall–Kier alpha value is -4.12. The lowest BCUT2D eigenvalue weighted by molar-refractivity contribution is -0.113. The highest BCUT2D eigenvalue weighted by atomic mass is 32.2. The van der Waals surface area contributed by atoms with Gasteiger partial charge in [-0.05, 0) is 36.8 Å². The number of hydrogen-bond acceptors (Lipinski definition) is 9. The van der Waals surface area contributed by atoms with Crippen molar-refractivity contribution >= 4 is 35.3 Å². The number of amides is 1. The molecule has 1 aromatic heterocycles. The van der Waals surface area contributed by atoms with Crippen molar-refractivity contribution in [2.45, 2.75) is 25.2 Å². The van der Waals surface area contributed by atoms with Crippen LogP contribution in [0.15, 0.2) is 60.3 Å². The van der Waals surface area contributed by atoms with Gasteiger partial charge in [0.05, 0.1) is 31.1 Å². The van der Waals surface area contributed by atoms with Gasteiger partial charge < -0.3 is 19.5 Å². The average molecular weight is 511 g/mol. The molecule has 0 unspecified atom stereocenters. The molecule has 0 saturated heterocycles. The Morgan fingerprint density at radius 3 is 2.33 bits per heavy atom. The second-order valence-electron chi connectivity index (χ2n) is 7.47. The molecule has 0 atom stereocenters. The number of carbonyl (C=O) groups excluding carboxylic acids is 3. The molecule has 0 bridgehead atoms. The first-order valence-electron chi connectivity index (χ1n) is 10.8. The second-order valence-corrected chi connectivity index (χ2v) is 8.41. The van der Waals surface area contributed by atoms with Crippen LogP contribution in [0.2, 0.25) is 0 Å². The number of aryl methyl sites for hydroxylation is 1. The number of ether oxygens (including phenoxy) is 3. The van der Waals surface area contributed by atoms with Gasteiger partial charge >= 0.3 is 11.9 Å². The number of benzene rings is 2. The molecular formula is C25H26N4O6S. The van der Waals surface area contributed by atoms with Gasteiger partial charge in [-0.25, -0.2) is 9.59 Å². The van der Waals surface area contributed by atoms with Crippen molar-refractivity contribution in [3.8, 4) is 5.75 Å². The zero-order valence-corrected chi connectivity index (χ0v) is 21.0. The molecule has 1 heterocycles. The number of allylic oxidation sites excluding steroid dienone is 1. The van der Waals surface area contributed by atoms with Crippen LogP contribution in [-0.2, 0) is 27.4 Å². The highest BCUT2D eigenvalue weighted by molar-refractivity contribution is 7.99. The number of esters is 2. The van der Waals surface area contributed by atoms with Gasteiger partial charge in [-0.1, -0.05) is 36.0 Å². The van der Waals surface area contributed by atoms with Crippen molar-refractivity contribution in [2.24, 2.45) is 0 Å². The largest absolute Gasteiger partial charge is 0.485 e. The van der Waals surface area contributed by atoms with Gasteiger partial charge in [-0.2, -0.15) is 0 Å². The van der Waals surface area contributed by atoms with Crippen LogP contribution < -0.4 is 10.1 Å². The molecule has 0 spiro atoms. The van der Waals surface area contributed by atoms with Crippen LogP contribution in [0.4, 0.5) is 5.69 Å². The number of nitrogens with zero attached hydrogens (tertiary/aromatic N) is 3. The summed E-state index contributed by atoms with van der Waals surface area (Å²) in [4.78, 5) is 36.6. The monoisotopic (exact) mass is 510 g/mol. The summed E-state index contributed by atoms with van der Waals surface area (Å²) < 4.78 is 17.1. The van der Waals surface area contributed by atoms with Crippen LogP contribution in [0.5, 0.6) is 5.75 Å². The first-order chi connectivity index (χ1) is 17.4. The Balaban J connectivity index is 1.69. The SMILES string of the molecule is C=CCn1c(COc2ccccc2C)nnc1SCC(=O)Nc1cc(C(=O)OC)cc(C(=O)OC)c1. The van der Waals surface area contributed by atoms with E-state index in [1.165, 1.54) is 44.2 Å². The number of hydrogen-bond donors (Lipinski definition) is 1. The number of carbonyl (C=O) groups is 3. The van der Waals surface area contributed by atoms with E-state index in [-0.39, 0.29) is 35.1 Å². The minimum Gasteiger partial charge on any atom is -0.485 e. The highest BCUT2D eigenvalue weighted by Crippen LogP contribution is 2.22. The van der Waals surface area contributed by atoms with E-state index in [0.29, 0.717) is 17.5 Å². The zero-order valence-electron chi connectivity index (χ0n) is 20.1. The van der Waals surface area contributed by atoms with E-state index < -0.39 is 11.9 Å². The summed E-state index contributed by atoms with van der Waals surface area (Å²) in [7, 11) is 2.45. The van der Waals surface area contributed by atoms with Gasteiger partial charge in [-0.15, -0.1) is 16.8 Å². The molecule has 0 radical (unpaired) electrons. The van der Waals surface area contributed by atoms with Crippen molar-refractivity contribution in [2.75, 3.05) is 25.3 Å². The molecule has 188 valence electrons. The van der Waals surface area contributed by atoms with Crippen molar-refractivity contribution < 1.29 is 28.6 Å². The first kappa shape index (κ1) is 26.5. The Bertz CT molecular complexity index is 1240. The lowest BCUT2D eigenvalue weighted by atomic mass is 10.1. The van der Waals surface area contributed by atoms with Crippen LogP contribution in [0.25, 0.3) is 0 Å². The van der Waals surface area contributed by atoms with Crippen LogP contribution >= 0.6 is 11.8 Å². The molecule has 11 heteroatoms. The summed E-state index contributed by atoms with van der Waals surface area (Å²) >= 11 is 1.18. The van der Waals surface area contributed by atoms with Crippen molar-refractivity contribution in [1.29, 1.82) is 0 Å². The summed E-state index contributed by atoms with van der Waals surface area (Å²) in [6.07, 6.45) is 1.71. The predicted octanol–water partition coefficient (Wildman–Crippen LogP) is 3.66. The third kappa shape index (κ3) is 6.72. The molecule has 3 aromatic rings. The Kier molecular flexibility index (Phi) is 9.23. The van der Waals surface area contributed by atoms with Gasteiger partial charge in [0.1, 0.15) is 12.4 Å². The normalized spacial score (nSPS) is 10.4. The smallest absolute Gasteiger partial charge is 0.337 e. The van der Waals surface area contributed by atoms with Crippen molar-refractivity contribution in [3.05, 3.63) is 77.6 Å². The van der Waals surface area contributed by atoms with Crippen molar-refractivity contribution in [3.63, 3.8) is 0 Å². The lowest BCUT2D eigenvalue weighted by Crippen LogP contribution is -2.16. The topological polar surface area (TPSA) is 122 Å². The van der Waals surface area contributed by atoms with Gasteiger partial charge in [0.25, 0.3) is 0 Å². The lowest BCUT2D eigenvalue weighted by Gasteiger charge is -2.11. The van der Waals surface area contributed by atoms with Crippen molar-refractivity contribution in [1.82, 2.24) is 14.8 Å². The standard InChI is InChI=1S/C25H26N4O6S/c1-5-10-29-21(14-35-20-9-7-6-8-16(20)2)27-28-25(29)36-15-22(30)26-19-12-17(23(31)33-3)11-18(13-19)24(32)34-4/h5-9,11-13H,1,10,14-15H2,2-4H3,(H,26,30). The third-order valence-electron chi connectivity index (χ3n) is 4.95. The summed E-state index contributed by atoms with van der Waals surface area (Å²) in [5.41, 5.74) is 1.47. The molecule has 3 rings (SSSR count). The summed E-state index contributed by atoms with van der Waals surface area (Å²) in [6, 6.07) is 11.8. The Labute approximate surface area is 212 Å². The van der Waals surface area contributed by atoms with E-state index in [4.69, 9.17) is 14.2 Å². The predicted molar refractivity (Wildman–Crippen MR) is 134 cm³/mol. The summed E-state index contributed by atoms with van der Waals surface area (Å²) in [6.45, 7) is 6.38. The number of anilines is 1. The highest BCUT2D eigenvalue weighted by Gasteiger charge is 2.17. The van der Waals surface area contributed by atoms with E-state index in [1.807, 2.05) is 35.8 Å². The molecule has 10 nitrogen and oxygen atoms in total.